The Balaban J connectivity index is 1.53. The average Bonchev–Trinajstić information content (AvgIpc) is 3.34. The van der Waals surface area contributed by atoms with Gasteiger partial charge < -0.3 is 21.4 Å². The van der Waals surface area contributed by atoms with Gasteiger partial charge >= 0.3 is 5.97 Å². The Hall–Kier alpha value is -2.82. The molecule has 0 aliphatic carbocycles. The highest BCUT2D eigenvalue weighted by molar-refractivity contribution is 8.03. The van der Waals surface area contributed by atoms with Crippen molar-refractivity contribution in [1.82, 2.24) is 29.2 Å². The molecule has 0 saturated carbocycles. The van der Waals surface area contributed by atoms with Crippen LogP contribution in [0.5, 0.6) is 0 Å². The van der Waals surface area contributed by atoms with Crippen molar-refractivity contribution in [1.29, 1.82) is 0 Å². The maximum absolute atomic E-state index is 12.7. The van der Waals surface area contributed by atoms with Crippen molar-refractivity contribution in [3.63, 3.8) is 0 Å². The van der Waals surface area contributed by atoms with Crippen LogP contribution < -0.4 is 11.1 Å². The van der Waals surface area contributed by atoms with Gasteiger partial charge in [-0.3, -0.25) is 14.5 Å². The zero-order chi connectivity index (χ0) is 22.3. The van der Waals surface area contributed by atoms with Gasteiger partial charge in [0.2, 0.25) is 11.5 Å². The predicted octanol–water partition coefficient (Wildman–Crippen LogP) is 0.381. The number of nitrogen functional groups attached to an aromatic ring is 1. The van der Waals surface area contributed by atoms with E-state index in [1.54, 1.807) is 0 Å². The third-order valence-electron chi connectivity index (χ3n) is 4.49. The second-order valence-corrected chi connectivity index (χ2v) is 9.42. The number of fused-ring (bicyclic) bond motifs is 1. The van der Waals surface area contributed by atoms with Gasteiger partial charge in [-0.2, -0.15) is 9.36 Å². The highest BCUT2D eigenvalue weighted by Gasteiger charge is 2.54. The maximum Gasteiger partial charge on any atom is 0.353 e. The van der Waals surface area contributed by atoms with E-state index in [4.69, 9.17) is 22.5 Å². The number of aromatic nitrogens is 4. The molecule has 2 aromatic rings. The van der Waals surface area contributed by atoms with Crippen LogP contribution in [0.1, 0.15) is 18.7 Å². The third kappa shape index (κ3) is 3.82. The van der Waals surface area contributed by atoms with E-state index >= 15 is 0 Å². The van der Waals surface area contributed by atoms with E-state index in [1.165, 1.54) is 0 Å². The molecule has 2 amide bonds. The molecule has 17 heteroatoms. The summed E-state index contributed by atoms with van der Waals surface area (Å²) in [6, 6.07) is -1.57. The zero-order valence-corrected chi connectivity index (χ0v) is 18.3. The van der Waals surface area contributed by atoms with Crippen LogP contribution in [0.25, 0.3) is 0 Å². The number of carbonyl (C=O) groups is 3. The van der Waals surface area contributed by atoms with E-state index in [0.29, 0.717) is 27.1 Å². The second-order valence-electron chi connectivity index (χ2n) is 6.20. The van der Waals surface area contributed by atoms with Crippen LogP contribution >= 0.6 is 46.4 Å². The summed E-state index contributed by atoms with van der Waals surface area (Å²) in [5.74, 6) is -2.98. The van der Waals surface area contributed by atoms with Gasteiger partial charge in [-0.1, -0.05) is 33.0 Å². The molecule has 1 saturated heterocycles. The van der Waals surface area contributed by atoms with Crippen molar-refractivity contribution in [2.75, 3.05) is 5.73 Å². The van der Waals surface area contributed by atoms with Gasteiger partial charge in [0.25, 0.3) is 11.8 Å². The number of hydrogen-bond donors (Lipinski definition) is 4. The molecule has 5 N–H and O–H groups in total. The SMILES string of the molecule is Nc1nc(/C(=N/O)C(=O)NC2C(=O)N3C(C(=O)O)=C(Sc4nnsc4Cl)CCC23)ns1. The summed E-state index contributed by atoms with van der Waals surface area (Å²) in [5.41, 5.74) is 4.77. The first-order valence-electron chi connectivity index (χ1n) is 8.39. The molecule has 0 bridgehead atoms. The first-order chi connectivity index (χ1) is 14.8. The lowest BCUT2D eigenvalue weighted by Gasteiger charge is -2.49. The first kappa shape index (κ1) is 21.4. The number of nitrogens with one attached hydrogen (secondary N) is 1. The van der Waals surface area contributed by atoms with E-state index in [1.807, 2.05) is 0 Å². The quantitative estimate of drug-likeness (QED) is 0.184. The van der Waals surface area contributed by atoms with Gasteiger partial charge in [0.1, 0.15) is 16.1 Å². The van der Waals surface area contributed by atoms with Crippen LogP contribution in [-0.2, 0) is 14.4 Å². The van der Waals surface area contributed by atoms with Gasteiger partial charge in [-0.05, 0) is 12.8 Å². The molecule has 0 radical (unpaired) electrons. The molecular weight excluding hydrogens is 492 g/mol. The molecule has 2 atom stereocenters. The van der Waals surface area contributed by atoms with Crippen LogP contribution in [-0.4, -0.2) is 69.7 Å². The Morgan fingerprint density at radius 2 is 2.16 bits per heavy atom. The topological polar surface area (TPSA) is 197 Å². The number of nitrogens with zero attached hydrogens (tertiary/aromatic N) is 6. The minimum atomic E-state index is -1.29. The van der Waals surface area contributed by atoms with E-state index in [2.05, 4.69) is 29.4 Å². The fourth-order valence-corrected chi connectivity index (χ4v) is 5.39. The highest BCUT2D eigenvalue weighted by Crippen LogP contribution is 2.44. The van der Waals surface area contributed by atoms with E-state index < -0.39 is 35.6 Å². The molecule has 2 aliphatic rings. The molecule has 31 heavy (non-hydrogen) atoms. The Kier molecular flexibility index (Phi) is 5.78. The fraction of sp³-hybridized carbons (Fsp3) is 0.286. The van der Waals surface area contributed by atoms with Crippen molar-refractivity contribution in [3.8, 4) is 0 Å². The maximum atomic E-state index is 12.7. The monoisotopic (exact) mass is 502 g/mol. The molecule has 2 aromatic heterocycles. The van der Waals surface area contributed by atoms with Gasteiger partial charge in [0.15, 0.2) is 10.2 Å². The first-order valence-corrected chi connectivity index (χ1v) is 11.1. The standard InChI is InChI=1S/C14H11ClN8O5S3/c15-8-11(19-22-30-8)29-4-2-1-3-5(12(25)23(3)7(4)13(26)27)17-10(24)6(20-28)9-18-14(16)31-21-9/h3,5,28H,1-2H2,(H,17,24)(H,26,27)(H2,16,18,21)/b20-6-. The number of oxime groups is 1. The van der Waals surface area contributed by atoms with Crippen LogP contribution in [0.15, 0.2) is 20.8 Å². The molecule has 1 fully saturated rings. The van der Waals surface area contributed by atoms with Crippen LogP contribution in [0.4, 0.5) is 5.13 Å². The number of thioether (sulfide) groups is 1. The Labute approximate surface area is 190 Å². The Morgan fingerprint density at radius 3 is 2.74 bits per heavy atom. The van der Waals surface area contributed by atoms with Crippen LogP contribution in [0, 0.1) is 0 Å². The van der Waals surface area contributed by atoms with Crippen molar-refractivity contribution in [3.05, 3.63) is 20.8 Å². The highest BCUT2D eigenvalue weighted by atomic mass is 35.5. The largest absolute Gasteiger partial charge is 0.477 e. The Bertz CT molecular complexity index is 1150. The minimum absolute atomic E-state index is 0.0683. The van der Waals surface area contributed by atoms with Crippen molar-refractivity contribution in [2.24, 2.45) is 5.16 Å². The number of carbonyl (C=O) groups excluding carboxylic acids is 2. The van der Waals surface area contributed by atoms with Crippen LogP contribution in [0.3, 0.4) is 0 Å². The summed E-state index contributed by atoms with van der Waals surface area (Å²) in [4.78, 5) is 42.4. The second kappa shape index (κ2) is 8.37. The lowest BCUT2D eigenvalue weighted by molar-refractivity contribution is -0.155. The number of halogens is 1. The van der Waals surface area contributed by atoms with Crippen molar-refractivity contribution < 1.29 is 24.7 Å². The van der Waals surface area contributed by atoms with Crippen LogP contribution in [0.2, 0.25) is 4.34 Å². The molecule has 162 valence electrons. The Morgan fingerprint density at radius 1 is 1.39 bits per heavy atom. The number of hydrogen-bond acceptors (Lipinski definition) is 13. The molecule has 4 rings (SSSR count). The predicted molar refractivity (Wildman–Crippen MR) is 110 cm³/mol. The number of carboxylic acids is 1. The number of β-lactam (4-membered cyclic amide) rings is 1. The molecule has 2 aliphatic heterocycles. The normalized spacial score (nSPS) is 21.0. The summed E-state index contributed by atoms with van der Waals surface area (Å²) in [5, 5.41) is 28.5. The van der Waals surface area contributed by atoms with E-state index in [-0.39, 0.29) is 16.7 Å². The number of rotatable bonds is 6. The average molecular weight is 503 g/mol. The van der Waals surface area contributed by atoms with Gasteiger partial charge in [-0.25, -0.2) is 4.79 Å². The molecule has 2 unspecified atom stereocenters. The molecular formula is C14H11ClN8O5S3. The molecule has 0 spiro atoms. The third-order valence-corrected chi connectivity index (χ3v) is 7.30. The lowest BCUT2D eigenvalue weighted by atomic mass is 9.86. The number of anilines is 1. The van der Waals surface area contributed by atoms with E-state index in [0.717, 1.165) is 39.7 Å². The summed E-state index contributed by atoms with van der Waals surface area (Å²) in [7, 11) is 0. The number of amides is 2. The molecule has 13 nitrogen and oxygen atoms in total. The summed E-state index contributed by atoms with van der Waals surface area (Å²) in [6.07, 6.45) is 0.713. The number of nitrogens with two attached hydrogens (primary N) is 1. The zero-order valence-electron chi connectivity index (χ0n) is 15.1. The summed E-state index contributed by atoms with van der Waals surface area (Å²) < 4.78 is 7.82. The number of carboxylic acid groups (broad SMARTS) is 1. The summed E-state index contributed by atoms with van der Waals surface area (Å²) >= 11 is 8.81. The smallest absolute Gasteiger partial charge is 0.353 e. The number of allylic oxidation sites excluding steroid dienone is 1. The van der Waals surface area contributed by atoms with Crippen molar-refractivity contribution >= 4 is 75.1 Å². The molecule has 4 heterocycles. The van der Waals surface area contributed by atoms with E-state index in [9.17, 15) is 19.5 Å². The summed E-state index contributed by atoms with van der Waals surface area (Å²) in [6.45, 7) is 0. The van der Waals surface area contributed by atoms with Gasteiger partial charge in [0, 0.05) is 28.0 Å². The lowest BCUT2D eigenvalue weighted by Crippen LogP contribution is -2.72. The molecule has 0 aromatic carbocycles. The fourth-order valence-electron chi connectivity index (χ4n) is 3.21. The van der Waals surface area contributed by atoms with Crippen molar-refractivity contribution in [2.45, 2.75) is 30.0 Å². The van der Waals surface area contributed by atoms with Gasteiger partial charge in [-0.15, -0.1) is 5.10 Å². The number of aliphatic carboxylic acids is 1. The van der Waals surface area contributed by atoms with Gasteiger partial charge in [0.05, 0.1) is 6.04 Å². The minimum Gasteiger partial charge on any atom is -0.477 e.